The van der Waals surface area contributed by atoms with Gasteiger partial charge in [-0.1, -0.05) is 0 Å². The summed E-state index contributed by atoms with van der Waals surface area (Å²) >= 11 is 1.82. The zero-order valence-electron chi connectivity index (χ0n) is 10.5. The van der Waals surface area contributed by atoms with Crippen LogP contribution < -0.4 is 5.32 Å². The van der Waals surface area contributed by atoms with Gasteiger partial charge in [-0.15, -0.1) is 11.3 Å². The molecule has 1 aromatic carbocycles. The largest absolute Gasteiger partial charge is 0.508 e. The van der Waals surface area contributed by atoms with Crippen LogP contribution in [0.1, 0.15) is 34.9 Å². The third-order valence-corrected chi connectivity index (χ3v) is 4.54. The van der Waals surface area contributed by atoms with Crippen LogP contribution in [0.25, 0.3) is 0 Å². The number of rotatable bonds is 3. The van der Waals surface area contributed by atoms with E-state index in [9.17, 15) is 9.50 Å². The molecule has 2 N–H and O–H groups in total. The fourth-order valence-corrected chi connectivity index (χ4v) is 3.66. The number of aryl methyl sites for hydroxylation is 1. The lowest BCUT2D eigenvalue weighted by Crippen LogP contribution is -2.23. The van der Waals surface area contributed by atoms with Crippen LogP contribution >= 0.6 is 11.3 Å². The van der Waals surface area contributed by atoms with Gasteiger partial charge in [0.05, 0.1) is 0 Å². The molecule has 0 spiro atoms. The lowest BCUT2D eigenvalue weighted by atomic mass is 9.94. The van der Waals surface area contributed by atoms with Crippen molar-refractivity contribution in [3.63, 3.8) is 0 Å². The van der Waals surface area contributed by atoms with E-state index in [1.165, 1.54) is 29.3 Å². The zero-order chi connectivity index (χ0) is 13.2. The maximum Gasteiger partial charge on any atom is 0.127 e. The minimum absolute atomic E-state index is 0.0170. The Hall–Kier alpha value is -1.39. The number of hydrogen-bond donors (Lipinski definition) is 2. The molecule has 19 heavy (non-hydrogen) atoms. The molecule has 2 aromatic rings. The van der Waals surface area contributed by atoms with E-state index in [4.69, 9.17) is 0 Å². The second-order valence-corrected chi connectivity index (χ2v) is 5.94. The third-order valence-electron chi connectivity index (χ3n) is 3.55. The Kier molecular flexibility index (Phi) is 3.53. The Morgan fingerprint density at radius 3 is 3.11 bits per heavy atom. The Morgan fingerprint density at radius 1 is 1.37 bits per heavy atom. The molecule has 2 nitrogen and oxygen atoms in total. The molecule has 0 bridgehead atoms. The molecule has 1 aromatic heterocycles. The fraction of sp³-hybridized carbons (Fsp3) is 0.333. The number of halogens is 1. The van der Waals surface area contributed by atoms with Crippen LogP contribution in [0.4, 0.5) is 4.39 Å². The van der Waals surface area contributed by atoms with Crippen molar-refractivity contribution in [1.82, 2.24) is 5.32 Å². The Balaban J connectivity index is 1.70. The van der Waals surface area contributed by atoms with Gasteiger partial charge in [0.15, 0.2) is 0 Å². The maximum absolute atomic E-state index is 13.2. The highest BCUT2D eigenvalue weighted by Gasteiger charge is 2.20. The summed E-state index contributed by atoms with van der Waals surface area (Å²) < 4.78 is 13.2. The highest BCUT2D eigenvalue weighted by Crippen LogP contribution is 2.33. The average Bonchev–Trinajstić information content (AvgIpc) is 2.83. The van der Waals surface area contributed by atoms with E-state index in [1.807, 2.05) is 11.3 Å². The predicted molar refractivity (Wildman–Crippen MR) is 74.9 cm³/mol. The highest BCUT2D eigenvalue weighted by molar-refractivity contribution is 7.10. The summed E-state index contributed by atoms with van der Waals surface area (Å²) in [4.78, 5) is 1.46. The molecular formula is C15H16FNOS. The summed E-state index contributed by atoms with van der Waals surface area (Å²) in [6.45, 7) is 0.575. The third kappa shape index (κ3) is 2.80. The molecule has 0 fully saturated rings. The van der Waals surface area contributed by atoms with Crippen molar-refractivity contribution in [1.29, 1.82) is 0 Å². The van der Waals surface area contributed by atoms with Gasteiger partial charge in [-0.25, -0.2) is 4.39 Å². The molecule has 1 unspecified atom stereocenters. The quantitative estimate of drug-likeness (QED) is 0.895. The first-order valence-electron chi connectivity index (χ1n) is 6.50. The van der Waals surface area contributed by atoms with Crippen LogP contribution in [-0.2, 0) is 13.0 Å². The highest BCUT2D eigenvalue weighted by atomic mass is 32.1. The molecule has 3 rings (SSSR count). The monoisotopic (exact) mass is 277 g/mol. The molecule has 0 radical (unpaired) electrons. The molecule has 0 saturated carbocycles. The molecule has 1 aliphatic rings. The minimum atomic E-state index is -0.392. The standard InChI is InChI=1S/C15H16FNOS/c16-11-6-10(7-12(18)8-11)9-17-14-2-1-3-15-13(14)4-5-19-15/h4-8,14,17-18H,1-3,9H2. The van der Waals surface area contributed by atoms with E-state index in [-0.39, 0.29) is 5.75 Å². The van der Waals surface area contributed by atoms with E-state index in [1.54, 1.807) is 6.07 Å². The fourth-order valence-electron chi connectivity index (χ4n) is 2.67. The van der Waals surface area contributed by atoms with E-state index in [0.29, 0.717) is 12.6 Å². The first-order valence-corrected chi connectivity index (χ1v) is 7.38. The minimum Gasteiger partial charge on any atom is -0.508 e. The number of hydrogen-bond acceptors (Lipinski definition) is 3. The van der Waals surface area contributed by atoms with Gasteiger partial charge in [0.2, 0.25) is 0 Å². The first kappa shape index (κ1) is 12.6. The van der Waals surface area contributed by atoms with Crippen molar-refractivity contribution >= 4 is 11.3 Å². The van der Waals surface area contributed by atoms with Crippen LogP contribution in [0.5, 0.6) is 5.75 Å². The molecular weight excluding hydrogens is 261 g/mol. The van der Waals surface area contributed by atoms with Gasteiger partial charge in [-0.3, -0.25) is 0 Å². The number of aromatic hydroxyl groups is 1. The van der Waals surface area contributed by atoms with Crippen LogP contribution in [0.2, 0.25) is 0 Å². The summed E-state index contributed by atoms with van der Waals surface area (Å²) in [5.41, 5.74) is 2.16. The number of phenols is 1. The van der Waals surface area contributed by atoms with Crippen LogP contribution in [0.15, 0.2) is 29.6 Å². The molecule has 1 aliphatic carbocycles. The Bertz CT molecular complexity index is 561. The normalized spacial score (nSPS) is 18.3. The molecule has 0 aliphatic heterocycles. The Morgan fingerprint density at radius 2 is 2.26 bits per heavy atom. The number of benzene rings is 1. The lowest BCUT2D eigenvalue weighted by molar-refractivity contribution is 0.454. The molecule has 4 heteroatoms. The van der Waals surface area contributed by atoms with Crippen LogP contribution in [-0.4, -0.2) is 5.11 Å². The lowest BCUT2D eigenvalue weighted by Gasteiger charge is -2.24. The van der Waals surface area contributed by atoms with Crippen LogP contribution in [0, 0.1) is 5.82 Å². The van der Waals surface area contributed by atoms with Gasteiger partial charge in [-0.2, -0.15) is 0 Å². The second-order valence-electron chi connectivity index (χ2n) is 4.94. The van der Waals surface area contributed by atoms with Gasteiger partial charge in [0, 0.05) is 23.5 Å². The number of thiophene rings is 1. The number of phenolic OH excluding ortho intramolecular Hbond substituents is 1. The maximum atomic E-state index is 13.2. The summed E-state index contributed by atoms with van der Waals surface area (Å²) in [6.07, 6.45) is 3.48. The number of fused-ring (bicyclic) bond motifs is 1. The van der Waals surface area contributed by atoms with Crippen molar-refractivity contribution in [2.24, 2.45) is 0 Å². The zero-order valence-corrected chi connectivity index (χ0v) is 11.3. The SMILES string of the molecule is Oc1cc(F)cc(CNC2CCCc3sccc32)c1. The van der Waals surface area contributed by atoms with E-state index >= 15 is 0 Å². The first-order chi connectivity index (χ1) is 9.22. The Labute approximate surface area is 115 Å². The molecule has 100 valence electrons. The van der Waals surface area contributed by atoms with Gasteiger partial charge in [0.25, 0.3) is 0 Å². The average molecular weight is 277 g/mol. The second kappa shape index (κ2) is 5.31. The van der Waals surface area contributed by atoms with E-state index < -0.39 is 5.82 Å². The topological polar surface area (TPSA) is 32.3 Å². The molecule has 1 atom stereocenters. The summed E-state index contributed by atoms with van der Waals surface area (Å²) in [5, 5.41) is 15.0. The van der Waals surface area contributed by atoms with Crippen molar-refractivity contribution < 1.29 is 9.50 Å². The van der Waals surface area contributed by atoms with Crippen molar-refractivity contribution in [2.45, 2.75) is 31.8 Å². The summed E-state index contributed by atoms with van der Waals surface area (Å²) in [6, 6.07) is 6.72. The molecule has 0 saturated heterocycles. The predicted octanol–water partition coefficient (Wildman–Crippen LogP) is 3.76. The van der Waals surface area contributed by atoms with Gasteiger partial charge in [0.1, 0.15) is 11.6 Å². The molecule has 1 heterocycles. The van der Waals surface area contributed by atoms with Gasteiger partial charge >= 0.3 is 0 Å². The van der Waals surface area contributed by atoms with Crippen molar-refractivity contribution in [3.05, 3.63) is 51.5 Å². The van der Waals surface area contributed by atoms with Crippen molar-refractivity contribution in [2.75, 3.05) is 0 Å². The smallest absolute Gasteiger partial charge is 0.127 e. The summed E-state index contributed by atoms with van der Waals surface area (Å²) in [7, 11) is 0. The van der Waals surface area contributed by atoms with Gasteiger partial charge in [-0.05, 0) is 54.0 Å². The van der Waals surface area contributed by atoms with Crippen LogP contribution in [0.3, 0.4) is 0 Å². The van der Waals surface area contributed by atoms with Gasteiger partial charge < -0.3 is 10.4 Å². The van der Waals surface area contributed by atoms with E-state index in [2.05, 4.69) is 16.8 Å². The molecule has 0 amide bonds. The summed E-state index contributed by atoms with van der Waals surface area (Å²) in [5.74, 6) is -0.409. The van der Waals surface area contributed by atoms with Crippen molar-refractivity contribution in [3.8, 4) is 5.75 Å². The number of nitrogens with one attached hydrogen (secondary N) is 1. The van der Waals surface area contributed by atoms with E-state index in [0.717, 1.165) is 18.1 Å².